The molecule has 20 heavy (non-hydrogen) atoms. The molecule has 0 aliphatic heterocycles. The van der Waals surface area contributed by atoms with Gasteiger partial charge >= 0.3 is 0 Å². The summed E-state index contributed by atoms with van der Waals surface area (Å²) in [4.78, 5) is 19.6. The van der Waals surface area contributed by atoms with Crippen molar-refractivity contribution in [3.63, 3.8) is 0 Å². The summed E-state index contributed by atoms with van der Waals surface area (Å²) in [7, 11) is 0. The van der Waals surface area contributed by atoms with E-state index >= 15 is 0 Å². The first-order chi connectivity index (χ1) is 9.78. The average Bonchev–Trinajstić information content (AvgIpc) is 2.91. The largest absolute Gasteiger partial charge is 0.347 e. The summed E-state index contributed by atoms with van der Waals surface area (Å²) in [5, 5.41) is 3.30. The van der Waals surface area contributed by atoms with E-state index in [-0.39, 0.29) is 6.04 Å². The van der Waals surface area contributed by atoms with Gasteiger partial charge < -0.3 is 5.32 Å². The van der Waals surface area contributed by atoms with E-state index in [2.05, 4.69) is 33.5 Å². The summed E-state index contributed by atoms with van der Waals surface area (Å²) < 4.78 is 0. The van der Waals surface area contributed by atoms with Crippen LogP contribution in [-0.2, 0) is 6.42 Å². The van der Waals surface area contributed by atoms with Crippen LogP contribution in [0.4, 0.5) is 5.95 Å². The number of benzene rings is 1. The normalized spacial score (nSPS) is 16.6. The number of nitrogens with two attached hydrogens (primary N) is 1. The Morgan fingerprint density at radius 3 is 2.75 bits per heavy atom. The Hall–Kier alpha value is -2.47. The minimum Gasteiger partial charge on any atom is -0.347 e. The van der Waals surface area contributed by atoms with Crippen LogP contribution in [0, 0.1) is 0 Å². The van der Waals surface area contributed by atoms with E-state index in [1.807, 2.05) is 11.5 Å². The number of hydrazine groups is 1. The molecule has 1 aromatic heterocycles. The first kappa shape index (κ1) is 12.6. The Morgan fingerprint density at radius 2 is 2.00 bits per heavy atom. The van der Waals surface area contributed by atoms with Gasteiger partial charge in [0.25, 0.3) is 5.91 Å². The van der Waals surface area contributed by atoms with Crippen molar-refractivity contribution in [1.29, 1.82) is 0 Å². The molecule has 1 amide bonds. The maximum Gasteiger partial charge on any atom is 0.268 e. The van der Waals surface area contributed by atoms with Crippen molar-refractivity contribution in [3.05, 3.63) is 53.3 Å². The molecule has 0 radical (unpaired) electrons. The molecule has 0 bridgehead atoms. The SMILES string of the molecule is NNC(=O)c1cnc(N[C@H]2CCc3ccccc32)nc1. The van der Waals surface area contributed by atoms with E-state index in [1.54, 1.807) is 0 Å². The van der Waals surface area contributed by atoms with Gasteiger partial charge in [0, 0.05) is 12.4 Å². The topological polar surface area (TPSA) is 92.9 Å². The zero-order valence-electron chi connectivity index (χ0n) is 10.8. The van der Waals surface area contributed by atoms with E-state index in [1.165, 1.54) is 23.5 Å². The molecule has 1 atom stereocenters. The van der Waals surface area contributed by atoms with E-state index < -0.39 is 5.91 Å². The van der Waals surface area contributed by atoms with Gasteiger partial charge in [0.2, 0.25) is 5.95 Å². The Balaban J connectivity index is 1.75. The first-order valence-electron chi connectivity index (χ1n) is 6.45. The Bertz CT molecular complexity index is 626. The highest BCUT2D eigenvalue weighted by Crippen LogP contribution is 2.32. The van der Waals surface area contributed by atoms with Gasteiger partial charge in [-0.1, -0.05) is 24.3 Å². The minimum atomic E-state index is -0.400. The summed E-state index contributed by atoms with van der Waals surface area (Å²) in [5.74, 6) is 5.17. The van der Waals surface area contributed by atoms with Gasteiger partial charge in [-0.2, -0.15) is 0 Å². The van der Waals surface area contributed by atoms with Crippen molar-refractivity contribution in [3.8, 4) is 0 Å². The van der Waals surface area contributed by atoms with Crippen LogP contribution in [0.15, 0.2) is 36.7 Å². The number of amides is 1. The monoisotopic (exact) mass is 269 g/mol. The zero-order valence-corrected chi connectivity index (χ0v) is 10.8. The lowest BCUT2D eigenvalue weighted by molar-refractivity contribution is 0.0953. The summed E-state index contributed by atoms with van der Waals surface area (Å²) in [6.45, 7) is 0. The molecule has 1 aliphatic rings. The molecule has 2 aromatic rings. The van der Waals surface area contributed by atoms with Crippen LogP contribution in [0.2, 0.25) is 0 Å². The Kier molecular flexibility index (Phi) is 3.30. The van der Waals surface area contributed by atoms with Crippen LogP contribution in [0.25, 0.3) is 0 Å². The van der Waals surface area contributed by atoms with Crippen molar-refractivity contribution in [2.24, 2.45) is 5.84 Å². The first-order valence-corrected chi connectivity index (χ1v) is 6.45. The fourth-order valence-corrected chi connectivity index (χ4v) is 2.47. The standard InChI is InChI=1S/C14H15N5O/c15-19-13(20)10-7-16-14(17-8-10)18-12-6-5-9-3-1-2-4-11(9)12/h1-4,7-8,12H,5-6,15H2,(H,19,20)(H,16,17,18)/t12-/m0/s1. The van der Waals surface area contributed by atoms with E-state index in [4.69, 9.17) is 5.84 Å². The van der Waals surface area contributed by atoms with Crippen molar-refractivity contribution in [2.75, 3.05) is 5.32 Å². The molecule has 0 fully saturated rings. The lowest BCUT2D eigenvalue weighted by atomic mass is 10.1. The number of carbonyl (C=O) groups is 1. The lowest BCUT2D eigenvalue weighted by Crippen LogP contribution is -2.30. The Morgan fingerprint density at radius 1 is 1.25 bits per heavy atom. The molecule has 0 saturated carbocycles. The van der Waals surface area contributed by atoms with Crippen molar-refractivity contribution in [1.82, 2.24) is 15.4 Å². The highest BCUT2D eigenvalue weighted by molar-refractivity contribution is 5.93. The molecular formula is C14H15N5O. The number of nitrogen functional groups attached to an aromatic ring is 1. The number of hydrogen-bond acceptors (Lipinski definition) is 5. The van der Waals surface area contributed by atoms with Crippen LogP contribution in [0.3, 0.4) is 0 Å². The van der Waals surface area contributed by atoms with Gasteiger partial charge in [-0.15, -0.1) is 0 Å². The molecule has 1 aromatic carbocycles. The fourth-order valence-electron chi connectivity index (χ4n) is 2.47. The second-order valence-corrected chi connectivity index (χ2v) is 4.70. The summed E-state index contributed by atoms with van der Waals surface area (Å²) in [5.41, 5.74) is 5.04. The molecule has 0 spiro atoms. The van der Waals surface area contributed by atoms with E-state index in [0.29, 0.717) is 11.5 Å². The maximum atomic E-state index is 11.3. The number of anilines is 1. The fraction of sp³-hybridized carbons (Fsp3) is 0.214. The second kappa shape index (κ2) is 5.26. The number of aromatic nitrogens is 2. The summed E-state index contributed by atoms with van der Waals surface area (Å²) in [6, 6.07) is 8.58. The van der Waals surface area contributed by atoms with Crippen LogP contribution in [0.5, 0.6) is 0 Å². The molecule has 6 nitrogen and oxygen atoms in total. The summed E-state index contributed by atoms with van der Waals surface area (Å²) in [6.07, 6.45) is 4.99. The molecule has 0 saturated heterocycles. The summed E-state index contributed by atoms with van der Waals surface area (Å²) >= 11 is 0. The smallest absolute Gasteiger partial charge is 0.268 e. The molecule has 3 rings (SSSR count). The van der Waals surface area contributed by atoms with Crippen molar-refractivity contribution in [2.45, 2.75) is 18.9 Å². The highest BCUT2D eigenvalue weighted by atomic mass is 16.2. The number of nitrogens with zero attached hydrogens (tertiary/aromatic N) is 2. The van der Waals surface area contributed by atoms with Gasteiger partial charge in [-0.05, 0) is 24.0 Å². The predicted molar refractivity (Wildman–Crippen MR) is 74.8 cm³/mol. The average molecular weight is 269 g/mol. The molecule has 4 N–H and O–H groups in total. The van der Waals surface area contributed by atoms with Crippen LogP contribution in [-0.4, -0.2) is 15.9 Å². The molecule has 6 heteroatoms. The number of rotatable bonds is 3. The van der Waals surface area contributed by atoms with Gasteiger partial charge in [-0.3, -0.25) is 10.2 Å². The lowest BCUT2D eigenvalue weighted by Gasteiger charge is -2.13. The van der Waals surface area contributed by atoms with E-state index in [0.717, 1.165) is 12.8 Å². The van der Waals surface area contributed by atoms with Crippen LogP contribution < -0.4 is 16.6 Å². The third-order valence-electron chi connectivity index (χ3n) is 3.48. The Labute approximate surface area is 116 Å². The quantitative estimate of drug-likeness (QED) is 0.442. The molecule has 0 unspecified atom stereocenters. The second-order valence-electron chi connectivity index (χ2n) is 4.70. The number of nitrogens with one attached hydrogen (secondary N) is 2. The minimum absolute atomic E-state index is 0.223. The maximum absolute atomic E-state index is 11.3. The van der Waals surface area contributed by atoms with Crippen LogP contribution >= 0.6 is 0 Å². The van der Waals surface area contributed by atoms with Gasteiger partial charge in [0.15, 0.2) is 0 Å². The highest BCUT2D eigenvalue weighted by Gasteiger charge is 2.22. The van der Waals surface area contributed by atoms with Gasteiger partial charge in [0.05, 0.1) is 11.6 Å². The van der Waals surface area contributed by atoms with Gasteiger partial charge in [0.1, 0.15) is 0 Å². The third kappa shape index (κ3) is 2.33. The predicted octanol–water partition coefficient (Wildman–Crippen LogP) is 1.18. The molecule has 102 valence electrons. The van der Waals surface area contributed by atoms with E-state index in [9.17, 15) is 4.79 Å². The van der Waals surface area contributed by atoms with Crippen molar-refractivity contribution < 1.29 is 4.79 Å². The molecular weight excluding hydrogens is 254 g/mol. The molecule has 1 aliphatic carbocycles. The number of aryl methyl sites for hydroxylation is 1. The number of fused-ring (bicyclic) bond motifs is 1. The third-order valence-corrected chi connectivity index (χ3v) is 3.48. The number of hydrogen-bond donors (Lipinski definition) is 3. The molecule has 1 heterocycles. The number of carbonyl (C=O) groups excluding carboxylic acids is 1. The van der Waals surface area contributed by atoms with Gasteiger partial charge in [-0.25, -0.2) is 15.8 Å². The van der Waals surface area contributed by atoms with Crippen LogP contribution in [0.1, 0.15) is 33.9 Å². The zero-order chi connectivity index (χ0) is 13.9. The van der Waals surface area contributed by atoms with Crippen molar-refractivity contribution >= 4 is 11.9 Å².